The number of hydrogen-bond acceptors (Lipinski definition) is 6. The molecule has 1 fully saturated rings. The van der Waals surface area contributed by atoms with Crippen LogP contribution in [0.5, 0.6) is 0 Å². The van der Waals surface area contributed by atoms with E-state index in [9.17, 15) is 9.18 Å². The van der Waals surface area contributed by atoms with Gasteiger partial charge in [0.25, 0.3) is 0 Å². The van der Waals surface area contributed by atoms with E-state index in [-0.39, 0.29) is 17.9 Å². The first-order valence-corrected chi connectivity index (χ1v) is 7.75. The summed E-state index contributed by atoms with van der Waals surface area (Å²) in [6.07, 6.45) is 1.56. The van der Waals surface area contributed by atoms with Gasteiger partial charge in [0.05, 0.1) is 0 Å². The number of halogens is 1. The van der Waals surface area contributed by atoms with E-state index in [1.165, 1.54) is 6.07 Å². The number of anilines is 1. The van der Waals surface area contributed by atoms with Crippen LogP contribution >= 0.6 is 0 Å². The average Bonchev–Trinajstić information content (AvgIpc) is 3.02. The summed E-state index contributed by atoms with van der Waals surface area (Å²) in [5.41, 5.74) is 0. The zero-order valence-corrected chi connectivity index (χ0v) is 13.6. The van der Waals surface area contributed by atoms with Gasteiger partial charge in [0, 0.05) is 32.4 Å². The first kappa shape index (κ1) is 16.2. The Morgan fingerprint density at radius 1 is 1.38 bits per heavy atom. The summed E-state index contributed by atoms with van der Waals surface area (Å²) in [4.78, 5) is 24.0. The van der Waals surface area contributed by atoms with E-state index in [0.29, 0.717) is 43.7 Å². The Balaban J connectivity index is 1.54. The molecule has 1 aliphatic heterocycles. The minimum Gasteiger partial charge on any atom is -0.351 e. The number of nitrogens with one attached hydrogen (secondary N) is 1. The number of nitrogens with zero attached hydrogens (tertiary/aromatic N) is 5. The highest BCUT2D eigenvalue weighted by Gasteiger charge is 2.25. The molecule has 0 saturated carbocycles. The number of carbonyl (C=O) groups excluding carboxylic acids is 1. The summed E-state index contributed by atoms with van der Waals surface area (Å²) in [5.74, 6) is 0.871. The zero-order valence-electron chi connectivity index (χ0n) is 13.6. The van der Waals surface area contributed by atoms with Crippen molar-refractivity contribution < 1.29 is 13.7 Å². The van der Waals surface area contributed by atoms with Crippen LogP contribution in [0.4, 0.5) is 15.0 Å². The van der Waals surface area contributed by atoms with Crippen LogP contribution in [0.15, 0.2) is 22.9 Å². The van der Waals surface area contributed by atoms with Gasteiger partial charge in [-0.2, -0.15) is 4.98 Å². The monoisotopic (exact) mass is 334 g/mol. The van der Waals surface area contributed by atoms with Crippen LogP contribution in [0.2, 0.25) is 0 Å². The predicted octanol–water partition coefficient (Wildman–Crippen LogP) is 1.50. The lowest BCUT2D eigenvalue weighted by atomic mass is 10.3. The van der Waals surface area contributed by atoms with Gasteiger partial charge in [0.1, 0.15) is 6.04 Å². The summed E-state index contributed by atoms with van der Waals surface area (Å²) in [5, 5.41) is 6.54. The molecule has 0 aromatic carbocycles. The molecule has 0 radical (unpaired) electrons. The molecule has 1 N–H and O–H groups in total. The van der Waals surface area contributed by atoms with Gasteiger partial charge in [0.2, 0.25) is 5.89 Å². The summed E-state index contributed by atoms with van der Waals surface area (Å²) in [6.45, 7) is 5.52. The lowest BCUT2D eigenvalue weighted by Crippen LogP contribution is -2.52. The Morgan fingerprint density at radius 2 is 2.12 bits per heavy atom. The second kappa shape index (κ2) is 6.81. The standard InChI is InChI=1S/C15H19FN6O2/c1-10(14-19-11(2)20-24-14)18-15(23)22-8-6-21(7-9-22)13-12(16)4-3-5-17-13/h3-5,10H,6-9H2,1-2H3,(H,18,23). The maximum Gasteiger partial charge on any atom is 0.318 e. The van der Waals surface area contributed by atoms with E-state index in [2.05, 4.69) is 20.4 Å². The highest BCUT2D eigenvalue weighted by molar-refractivity contribution is 5.74. The Labute approximate surface area is 138 Å². The van der Waals surface area contributed by atoms with Crippen molar-refractivity contribution in [1.29, 1.82) is 0 Å². The number of aryl methyl sites for hydroxylation is 1. The molecule has 2 amide bonds. The van der Waals surface area contributed by atoms with Gasteiger partial charge >= 0.3 is 6.03 Å². The SMILES string of the molecule is Cc1noc(C(C)NC(=O)N2CCN(c3ncccc3F)CC2)n1. The minimum atomic E-state index is -0.370. The summed E-state index contributed by atoms with van der Waals surface area (Å²) < 4.78 is 18.8. The third kappa shape index (κ3) is 3.44. The number of hydrogen-bond donors (Lipinski definition) is 1. The van der Waals surface area contributed by atoms with Crippen LogP contribution < -0.4 is 10.2 Å². The largest absolute Gasteiger partial charge is 0.351 e. The molecule has 3 heterocycles. The lowest BCUT2D eigenvalue weighted by Gasteiger charge is -2.35. The topological polar surface area (TPSA) is 87.4 Å². The van der Waals surface area contributed by atoms with Crippen molar-refractivity contribution in [3.8, 4) is 0 Å². The molecule has 1 atom stereocenters. The highest BCUT2D eigenvalue weighted by Crippen LogP contribution is 2.17. The Morgan fingerprint density at radius 3 is 2.75 bits per heavy atom. The van der Waals surface area contributed by atoms with Crippen molar-refractivity contribution in [2.24, 2.45) is 0 Å². The third-order valence-corrected chi connectivity index (χ3v) is 3.86. The van der Waals surface area contributed by atoms with Crippen molar-refractivity contribution in [1.82, 2.24) is 25.3 Å². The Kier molecular flexibility index (Phi) is 4.59. The predicted molar refractivity (Wildman–Crippen MR) is 84.0 cm³/mol. The van der Waals surface area contributed by atoms with E-state index in [1.807, 2.05) is 4.90 Å². The van der Waals surface area contributed by atoms with Crippen LogP contribution in [0, 0.1) is 12.7 Å². The molecule has 2 aromatic heterocycles. The summed E-state index contributed by atoms with van der Waals surface area (Å²) >= 11 is 0. The molecule has 1 unspecified atom stereocenters. The second-order valence-electron chi connectivity index (χ2n) is 5.63. The number of amides is 2. The van der Waals surface area contributed by atoms with Crippen molar-refractivity contribution in [3.05, 3.63) is 35.9 Å². The molecule has 0 spiro atoms. The quantitative estimate of drug-likeness (QED) is 0.915. The molecule has 24 heavy (non-hydrogen) atoms. The van der Waals surface area contributed by atoms with E-state index in [1.54, 1.807) is 31.0 Å². The highest BCUT2D eigenvalue weighted by atomic mass is 19.1. The number of aromatic nitrogens is 3. The molecule has 1 saturated heterocycles. The number of carbonyl (C=O) groups is 1. The molecular formula is C15H19FN6O2. The van der Waals surface area contributed by atoms with Gasteiger partial charge in [-0.3, -0.25) is 0 Å². The van der Waals surface area contributed by atoms with Crippen molar-refractivity contribution in [2.45, 2.75) is 19.9 Å². The van der Waals surface area contributed by atoms with Crippen LogP contribution in [-0.4, -0.2) is 52.2 Å². The summed E-state index contributed by atoms with van der Waals surface area (Å²) in [7, 11) is 0. The van der Waals surface area contributed by atoms with E-state index in [4.69, 9.17) is 4.52 Å². The minimum absolute atomic E-state index is 0.209. The average molecular weight is 334 g/mol. The number of urea groups is 1. The number of pyridine rings is 1. The molecule has 8 nitrogen and oxygen atoms in total. The van der Waals surface area contributed by atoms with Crippen LogP contribution in [-0.2, 0) is 0 Å². The molecule has 2 aromatic rings. The number of rotatable bonds is 3. The van der Waals surface area contributed by atoms with Crippen molar-refractivity contribution >= 4 is 11.8 Å². The molecule has 0 aliphatic carbocycles. The van der Waals surface area contributed by atoms with E-state index in [0.717, 1.165) is 0 Å². The first-order valence-electron chi connectivity index (χ1n) is 7.75. The third-order valence-electron chi connectivity index (χ3n) is 3.86. The summed E-state index contributed by atoms with van der Waals surface area (Å²) in [6, 6.07) is 2.36. The Hall–Kier alpha value is -2.71. The van der Waals surface area contributed by atoms with Gasteiger partial charge in [-0.15, -0.1) is 0 Å². The zero-order chi connectivity index (χ0) is 17.1. The fourth-order valence-electron chi connectivity index (χ4n) is 2.56. The van der Waals surface area contributed by atoms with Crippen LogP contribution in [0.1, 0.15) is 24.7 Å². The maximum atomic E-state index is 13.8. The van der Waals surface area contributed by atoms with Gasteiger partial charge in [-0.25, -0.2) is 14.2 Å². The van der Waals surface area contributed by atoms with Crippen LogP contribution in [0.3, 0.4) is 0 Å². The molecule has 0 bridgehead atoms. The molecular weight excluding hydrogens is 315 g/mol. The van der Waals surface area contributed by atoms with Gasteiger partial charge in [-0.05, 0) is 26.0 Å². The smallest absolute Gasteiger partial charge is 0.318 e. The maximum absolute atomic E-state index is 13.8. The number of piperazine rings is 1. The Bertz CT molecular complexity index is 713. The van der Waals surface area contributed by atoms with Crippen molar-refractivity contribution in [3.63, 3.8) is 0 Å². The molecule has 3 rings (SSSR count). The lowest BCUT2D eigenvalue weighted by molar-refractivity contribution is 0.188. The van der Waals surface area contributed by atoms with Crippen LogP contribution in [0.25, 0.3) is 0 Å². The second-order valence-corrected chi connectivity index (χ2v) is 5.63. The first-order chi connectivity index (χ1) is 11.5. The van der Waals surface area contributed by atoms with Gasteiger partial charge in [0.15, 0.2) is 17.5 Å². The molecule has 9 heteroatoms. The van der Waals surface area contributed by atoms with Gasteiger partial charge in [-0.1, -0.05) is 5.16 Å². The fraction of sp³-hybridized carbons (Fsp3) is 0.467. The van der Waals surface area contributed by atoms with Gasteiger partial charge < -0.3 is 19.6 Å². The van der Waals surface area contributed by atoms with E-state index < -0.39 is 0 Å². The normalized spacial score (nSPS) is 16.1. The molecule has 128 valence electrons. The molecule has 1 aliphatic rings. The van der Waals surface area contributed by atoms with E-state index >= 15 is 0 Å². The fourth-order valence-corrected chi connectivity index (χ4v) is 2.56. The van der Waals surface area contributed by atoms with Crippen molar-refractivity contribution in [2.75, 3.05) is 31.1 Å².